The van der Waals surface area contributed by atoms with Crippen molar-refractivity contribution in [1.82, 2.24) is 4.98 Å². The summed E-state index contributed by atoms with van der Waals surface area (Å²) in [5.74, 6) is -0.315. The molecule has 0 aliphatic heterocycles. The van der Waals surface area contributed by atoms with Crippen molar-refractivity contribution in [2.24, 2.45) is 5.10 Å². The minimum Gasteiger partial charge on any atom is -0.504 e. The molecule has 0 amide bonds. The molecule has 1 heterocycles. The summed E-state index contributed by atoms with van der Waals surface area (Å²) >= 11 is 1.46. The Kier molecular flexibility index (Phi) is 3.24. The SMILES string of the molecule is Cc1csc(N/N=C/c2ccc(O)c(O)c2)n1. The first-order valence-electron chi connectivity index (χ1n) is 4.88. The van der Waals surface area contributed by atoms with Gasteiger partial charge in [-0.25, -0.2) is 4.98 Å². The molecule has 1 aromatic carbocycles. The van der Waals surface area contributed by atoms with Gasteiger partial charge in [0.25, 0.3) is 0 Å². The Balaban J connectivity index is 2.03. The lowest BCUT2D eigenvalue weighted by atomic mass is 10.2. The third-order valence-corrected chi connectivity index (χ3v) is 2.86. The Bertz CT molecular complexity index is 551. The summed E-state index contributed by atoms with van der Waals surface area (Å²) in [6.07, 6.45) is 1.54. The number of hydrazone groups is 1. The summed E-state index contributed by atoms with van der Waals surface area (Å²) in [6, 6.07) is 4.48. The highest BCUT2D eigenvalue weighted by Gasteiger charge is 1.98. The predicted octanol–water partition coefficient (Wildman–Crippen LogP) is 2.31. The van der Waals surface area contributed by atoms with Crippen LogP contribution in [-0.4, -0.2) is 21.4 Å². The van der Waals surface area contributed by atoms with Gasteiger partial charge >= 0.3 is 0 Å². The normalized spacial score (nSPS) is 10.9. The molecule has 0 bridgehead atoms. The van der Waals surface area contributed by atoms with Gasteiger partial charge in [0.2, 0.25) is 5.13 Å². The van der Waals surface area contributed by atoms with E-state index in [9.17, 15) is 5.11 Å². The molecule has 0 spiro atoms. The molecular weight excluding hydrogens is 238 g/mol. The lowest BCUT2D eigenvalue weighted by molar-refractivity contribution is 0.403. The van der Waals surface area contributed by atoms with Crippen LogP contribution in [0.4, 0.5) is 5.13 Å². The molecule has 0 aliphatic carbocycles. The summed E-state index contributed by atoms with van der Waals surface area (Å²) in [4.78, 5) is 4.18. The molecule has 6 heteroatoms. The van der Waals surface area contributed by atoms with Crippen molar-refractivity contribution in [2.45, 2.75) is 6.92 Å². The third-order valence-electron chi connectivity index (χ3n) is 1.99. The standard InChI is InChI=1S/C11H11N3O2S/c1-7-6-17-11(13-7)14-12-5-8-2-3-9(15)10(16)4-8/h2-6,15-16H,1H3,(H,13,14)/b12-5+. The molecule has 0 aliphatic rings. The number of rotatable bonds is 3. The second-order valence-electron chi connectivity index (χ2n) is 3.41. The van der Waals surface area contributed by atoms with E-state index in [0.717, 1.165) is 5.69 Å². The van der Waals surface area contributed by atoms with Crippen molar-refractivity contribution in [3.63, 3.8) is 0 Å². The van der Waals surface area contributed by atoms with Crippen molar-refractivity contribution in [2.75, 3.05) is 5.43 Å². The van der Waals surface area contributed by atoms with Gasteiger partial charge in [0, 0.05) is 5.38 Å². The zero-order chi connectivity index (χ0) is 12.3. The van der Waals surface area contributed by atoms with E-state index < -0.39 is 0 Å². The van der Waals surface area contributed by atoms with Crippen LogP contribution in [0.5, 0.6) is 11.5 Å². The third kappa shape index (κ3) is 2.94. The maximum atomic E-state index is 9.28. The quantitative estimate of drug-likeness (QED) is 0.443. The van der Waals surface area contributed by atoms with Gasteiger partial charge in [-0.05, 0) is 30.7 Å². The Morgan fingerprint density at radius 3 is 2.82 bits per heavy atom. The monoisotopic (exact) mass is 249 g/mol. The molecule has 5 nitrogen and oxygen atoms in total. The van der Waals surface area contributed by atoms with Crippen LogP contribution in [0.15, 0.2) is 28.7 Å². The Labute approximate surface area is 102 Å². The zero-order valence-corrected chi connectivity index (χ0v) is 9.90. The van der Waals surface area contributed by atoms with E-state index in [1.54, 1.807) is 6.07 Å². The minimum atomic E-state index is -0.168. The van der Waals surface area contributed by atoms with E-state index in [1.165, 1.54) is 29.7 Å². The molecule has 0 unspecified atom stereocenters. The fourth-order valence-corrected chi connectivity index (χ4v) is 1.83. The second-order valence-corrected chi connectivity index (χ2v) is 4.27. The lowest BCUT2D eigenvalue weighted by Gasteiger charge is -1.98. The smallest absolute Gasteiger partial charge is 0.203 e. The summed E-state index contributed by atoms with van der Waals surface area (Å²) < 4.78 is 0. The fraction of sp³-hybridized carbons (Fsp3) is 0.0909. The highest BCUT2D eigenvalue weighted by Crippen LogP contribution is 2.24. The van der Waals surface area contributed by atoms with Gasteiger partial charge in [0.1, 0.15) is 0 Å². The van der Waals surface area contributed by atoms with Gasteiger partial charge in [-0.2, -0.15) is 5.10 Å². The number of benzene rings is 1. The molecule has 0 radical (unpaired) electrons. The van der Waals surface area contributed by atoms with Gasteiger partial charge in [-0.15, -0.1) is 11.3 Å². The average molecular weight is 249 g/mol. The molecule has 2 rings (SSSR count). The van der Waals surface area contributed by atoms with E-state index in [4.69, 9.17) is 5.11 Å². The Morgan fingerprint density at radius 1 is 1.35 bits per heavy atom. The summed E-state index contributed by atoms with van der Waals surface area (Å²) in [7, 11) is 0. The summed E-state index contributed by atoms with van der Waals surface area (Å²) in [6.45, 7) is 1.91. The van der Waals surface area contributed by atoms with E-state index in [-0.39, 0.29) is 11.5 Å². The van der Waals surface area contributed by atoms with Crippen molar-refractivity contribution in [3.8, 4) is 11.5 Å². The van der Waals surface area contributed by atoms with Crippen LogP contribution in [-0.2, 0) is 0 Å². The number of phenols is 2. The fourth-order valence-electron chi connectivity index (χ4n) is 1.19. The number of aromatic hydroxyl groups is 2. The lowest BCUT2D eigenvalue weighted by Crippen LogP contribution is -1.89. The first-order valence-corrected chi connectivity index (χ1v) is 5.76. The number of anilines is 1. The number of hydrogen-bond donors (Lipinski definition) is 3. The highest BCUT2D eigenvalue weighted by molar-refractivity contribution is 7.13. The van der Waals surface area contributed by atoms with Gasteiger partial charge in [0.05, 0.1) is 11.9 Å². The van der Waals surface area contributed by atoms with Gasteiger partial charge in [-0.3, -0.25) is 5.43 Å². The molecular formula is C11H11N3O2S. The molecule has 2 aromatic rings. The van der Waals surface area contributed by atoms with E-state index in [0.29, 0.717) is 10.7 Å². The van der Waals surface area contributed by atoms with E-state index in [1.807, 2.05) is 12.3 Å². The Morgan fingerprint density at radius 2 is 2.18 bits per heavy atom. The minimum absolute atomic E-state index is 0.148. The average Bonchev–Trinajstić information content (AvgIpc) is 2.70. The van der Waals surface area contributed by atoms with Crippen molar-refractivity contribution < 1.29 is 10.2 Å². The van der Waals surface area contributed by atoms with Crippen LogP contribution in [0.2, 0.25) is 0 Å². The molecule has 17 heavy (non-hydrogen) atoms. The molecule has 3 N–H and O–H groups in total. The number of nitrogens with one attached hydrogen (secondary N) is 1. The van der Waals surface area contributed by atoms with E-state index in [2.05, 4.69) is 15.5 Å². The molecule has 1 aromatic heterocycles. The summed E-state index contributed by atoms with van der Waals surface area (Å²) in [5, 5.41) is 25.0. The first kappa shape index (κ1) is 11.4. The zero-order valence-electron chi connectivity index (χ0n) is 9.08. The van der Waals surface area contributed by atoms with Gasteiger partial charge in [-0.1, -0.05) is 0 Å². The first-order chi connectivity index (χ1) is 8.15. The van der Waals surface area contributed by atoms with E-state index >= 15 is 0 Å². The van der Waals surface area contributed by atoms with Crippen molar-refractivity contribution >= 4 is 22.7 Å². The van der Waals surface area contributed by atoms with Crippen LogP contribution < -0.4 is 5.43 Å². The van der Waals surface area contributed by atoms with Crippen molar-refractivity contribution in [1.29, 1.82) is 0 Å². The number of nitrogens with zero attached hydrogens (tertiary/aromatic N) is 2. The van der Waals surface area contributed by atoms with Crippen LogP contribution in [0.1, 0.15) is 11.3 Å². The number of phenolic OH excluding ortho intramolecular Hbond substituents is 2. The molecule has 88 valence electrons. The predicted molar refractivity (Wildman–Crippen MR) is 67.8 cm³/mol. The van der Waals surface area contributed by atoms with Gasteiger partial charge in [0.15, 0.2) is 11.5 Å². The molecule has 0 fully saturated rings. The van der Waals surface area contributed by atoms with Crippen LogP contribution in [0.3, 0.4) is 0 Å². The maximum Gasteiger partial charge on any atom is 0.203 e. The van der Waals surface area contributed by atoms with Crippen LogP contribution in [0.25, 0.3) is 0 Å². The number of aryl methyl sites for hydroxylation is 1. The van der Waals surface area contributed by atoms with Crippen molar-refractivity contribution in [3.05, 3.63) is 34.8 Å². The maximum absolute atomic E-state index is 9.28. The number of aromatic nitrogens is 1. The summed E-state index contributed by atoms with van der Waals surface area (Å²) in [5.41, 5.74) is 4.40. The van der Waals surface area contributed by atoms with Crippen LogP contribution in [0, 0.1) is 6.92 Å². The molecule has 0 atom stereocenters. The van der Waals surface area contributed by atoms with Gasteiger partial charge < -0.3 is 10.2 Å². The van der Waals surface area contributed by atoms with Crippen LogP contribution >= 0.6 is 11.3 Å². The highest BCUT2D eigenvalue weighted by atomic mass is 32.1. The molecule has 0 saturated carbocycles. The number of thiazole rings is 1. The largest absolute Gasteiger partial charge is 0.504 e. The topological polar surface area (TPSA) is 77.7 Å². The second kappa shape index (κ2) is 4.84. The number of hydrogen-bond acceptors (Lipinski definition) is 6. The molecule has 0 saturated heterocycles. The Hall–Kier alpha value is -2.08.